The molecule has 1 unspecified atom stereocenters. The van der Waals surface area contributed by atoms with Gasteiger partial charge in [-0.05, 0) is 25.0 Å². The molecule has 19 heavy (non-hydrogen) atoms. The minimum atomic E-state index is -0.594. The van der Waals surface area contributed by atoms with Crippen molar-refractivity contribution in [2.24, 2.45) is 0 Å². The second kappa shape index (κ2) is 5.54. The molecule has 0 aromatic heterocycles. The maximum Gasteiger partial charge on any atom is 0.287 e. The average Bonchev–Trinajstić information content (AvgIpc) is 2.85. The Labute approximate surface area is 114 Å². The predicted molar refractivity (Wildman–Crippen MR) is 69.3 cm³/mol. The van der Waals surface area contributed by atoms with Crippen LogP contribution >= 0.6 is 11.6 Å². The van der Waals surface area contributed by atoms with Crippen LogP contribution in [0.2, 0.25) is 5.02 Å². The van der Waals surface area contributed by atoms with Crippen molar-refractivity contribution in [3.8, 4) is 0 Å². The third-order valence-corrected chi connectivity index (χ3v) is 3.54. The molecule has 1 heterocycles. The lowest BCUT2D eigenvalue weighted by Crippen LogP contribution is -2.37. The van der Waals surface area contributed by atoms with E-state index in [4.69, 9.17) is 11.6 Å². The first kappa shape index (κ1) is 13.8. The number of aliphatic hydroxyl groups excluding tert-OH is 1. The smallest absolute Gasteiger partial charge is 0.287 e. The molecule has 1 aromatic carbocycles. The molecule has 1 fully saturated rings. The molecular weight excluding hydrogens is 272 g/mol. The fourth-order valence-corrected chi connectivity index (χ4v) is 2.50. The lowest BCUT2D eigenvalue weighted by atomic mass is 10.1. The van der Waals surface area contributed by atoms with Gasteiger partial charge < -0.3 is 10.0 Å². The predicted octanol–water partition coefficient (Wildman–Crippen LogP) is 1.85. The summed E-state index contributed by atoms with van der Waals surface area (Å²) >= 11 is 5.78. The van der Waals surface area contributed by atoms with E-state index in [0.717, 1.165) is 12.8 Å². The number of carbonyl (C=O) groups is 1. The van der Waals surface area contributed by atoms with Crippen molar-refractivity contribution in [2.75, 3.05) is 13.2 Å². The number of nitro benzene ring substituents is 1. The molecule has 1 atom stereocenters. The highest BCUT2D eigenvalue weighted by Crippen LogP contribution is 2.27. The number of benzene rings is 1. The van der Waals surface area contributed by atoms with Crippen molar-refractivity contribution in [3.63, 3.8) is 0 Å². The van der Waals surface area contributed by atoms with Crippen LogP contribution in [0.1, 0.15) is 23.2 Å². The maximum atomic E-state index is 12.2. The Balaban J connectivity index is 2.25. The second-order valence-electron chi connectivity index (χ2n) is 4.40. The zero-order valence-corrected chi connectivity index (χ0v) is 10.8. The first-order valence-corrected chi connectivity index (χ1v) is 6.28. The molecule has 0 bridgehead atoms. The van der Waals surface area contributed by atoms with E-state index in [-0.39, 0.29) is 29.3 Å². The number of carbonyl (C=O) groups excluding carboxylic acids is 1. The minimum Gasteiger partial charge on any atom is -0.394 e. The molecule has 0 aliphatic carbocycles. The normalized spacial score (nSPS) is 18.6. The van der Waals surface area contributed by atoms with Gasteiger partial charge in [-0.2, -0.15) is 0 Å². The molecule has 1 aromatic rings. The average molecular weight is 285 g/mol. The number of amides is 1. The van der Waals surface area contributed by atoms with Crippen LogP contribution < -0.4 is 0 Å². The highest BCUT2D eigenvalue weighted by molar-refractivity contribution is 6.33. The fraction of sp³-hybridized carbons (Fsp3) is 0.417. The summed E-state index contributed by atoms with van der Waals surface area (Å²) in [6, 6.07) is 3.73. The van der Waals surface area contributed by atoms with Crippen LogP contribution in [0.4, 0.5) is 5.69 Å². The first-order chi connectivity index (χ1) is 9.04. The lowest BCUT2D eigenvalue weighted by Gasteiger charge is -2.23. The van der Waals surface area contributed by atoms with Gasteiger partial charge >= 0.3 is 0 Å². The largest absolute Gasteiger partial charge is 0.394 e. The Hall–Kier alpha value is -1.66. The van der Waals surface area contributed by atoms with Gasteiger partial charge in [0.15, 0.2) is 0 Å². The van der Waals surface area contributed by atoms with E-state index in [2.05, 4.69) is 0 Å². The van der Waals surface area contributed by atoms with Gasteiger partial charge in [0.05, 0.1) is 17.6 Å². The Kier molecular flexibility index (Phi) is 4.01. The third kappa shape index (κ3) is 2.69. The summed E-state index contributed by atoms with van der Waals surface area (Å²) in [5, 5.41) is 19.8. The molecule has 7 heteroatoms. The molecule has 2 rings (SSSR count). The van der Waals surface area contributed by atoms with Crippen molar-refractivity contribution >= 4 is 23.2 Å². The van der Waals surface area contributed by atoms with Gasteiger partial charge in [-0.15, -0.1) is 0 Å². The summed E-state index contributed by atoms with van der Waals surface area (Å²) in [4.78, 5) is 23.9. The van der Waals surface area contributed by atoms with Crippen LogP contribution in [0.5, 0.6) is 0 Å². The Morgan fingerprint density at radius 1 is 1.58 bits per heavy atom. The van der Waals surface area contributed by atoms with Crippen LogP contribution in [0.25, 0.3) is 0 Å². The molecule has 102 valence electrons. The summed E-state index contributed by atoms with van der Waals surface area (Å²) in [5.41, 5.74) is 0.0781. The molecule has 1 amide bonds. The Morgan fingerprint density at radius 3 is 2.89 bits per heavy atom. The Morgan fingerprint density at radius 2 is 2.32 bits per heavy atom. The first-order valence-electron chi connectivity index (χ1n) is 5.90. The van der Waals surface area contributed by atoms with Gasteiger partial charge in [0.1, 0.15) is 5.02 Å². The number of likely N-dealkylation sites (tertiary alicyclic amines) is 1. The molecule has 1 aliphatic rings. The van der Waals surface area contributed by atoms with Crippen LogP contribution in [-0.4, -0.2) is 40.0 Å². The quantitative estimate of drug-likeness (QED) is 0.678. The number of hydrogen-bond donors (Lipinski definition) is 1. The molecule has 0 saturated carbocycles. The van der Waals surface area contributed by atoms with Crippen LogP contribution in [0, 0.1) is 10.1 Å². The van der Waals surface area contributed by atoms with E-state index in [9.17, 15) is 20.0 Å². The van der Waals surface area contributed by atoms with Crippen molar-refractivity contribution in [2.45, 2.75) is 18.9 Å². The molecular formula is C12H13ClN2O4. The second-order valence-corrected chi connectivity index (χ2v) is 4.81. The SMILES string of the molecule is O=C(c1ccc([N+](=O)[O-])c(Cl)c1)N1CCCC1CO. The number of halogens is 1. The van der Waals surface area contributed by atoms with Crippen LogP contribution in [0.3, 0.4) is 0 Å². The topological polar surface area (TPSA) is 83.7 Å². The van der Waals surface area contributed by atoms with Gasteiger partial charge in [0.2, 0.25) is 0 Å². The fourth-order valence-electron chi connectivity index (χ4n) is 2.25. The zero-order valence-electron chi connectivity index (χ0n) is 10.1. The number of nitrogens with zero attached hydrogens (tertiary/aromatic N) is 2. The van der Waals surface area contributed by atoms with Crippen LogP contribution in [0.15, 0.2) is 18.2 Å². The summed E-state index contributed by atoms with van der Waals surface area (Å²) in [6.45, 7) is 0.505. The number of aliphatic hydroxyl groups is 1. The molecule has 1 N–H and O–H groups in total. The van der Waals surface area contributed by atoms with Gasteiger partial charge in [-0.25, -0.2) is 0 Å². The van der Waals surface area contributed by atoms with Gasteiger partial charge in [0, 0.05) is 18.2 Å². The number of nitro groups is 1. The summed E-state index contributed by atoms with van der Waals surface area (Å²) in [7, 11) is 0. The van der Waals surface area contributed by atoms with E-state index in [0.29, 0.717) is 12.1 Å². The third-order valence-electron chi connectivity index (χ3n) is 3.24. The van der Waals surface area contributed by atoms with E-state index in [1.807, 2.05) is 0 Å². The van der Waals surface area contributed by atoms with Crippen molar-refractivity contribution < 1.29 is 14.8 Å². The molecule has 1 aliphatic heterocycles. The molecule has 0 spiro atoms. The minimum absolute atomic E-state index is 0.0596. The maximum absolute atomic E-state index is 12.2. The highest BCUT2D eigenvalue weighted by atomic mass is 35.5. The summed E-state index contributed by atoms with van der Waals surface area (Å²) in [5.74, 6) is -0.256. The molecule has 1 saturated heterocycles. The van der Waals surface area contributed by atoms with Gasteiger partial charge in [0.25, 0.3) is 11.6 Å². The zero-order chi connectivity index (χ0) is 14.0. The van der Waals surface area contributed by atoms with E-state index in [1.165, 1.54) is 18.2 Å². The van der Waals surface area contributed by atoms with Crippen molar-refractivity contribution in [1.29, 1.82) is 0 Å². The van der Waals surface area contributed by atoms with E-state index < -0.39 is 4.92 Å². The van der Waals surface area contributed by atoms with Gasteiger partial charge in [-0.3, -0.25) is 14.9 Å². The Bertz CT molecular complexity index is 520. The summed E-state index contributed by atoms with van der Waals surface area (Å²) in [6.07, 6.45) is 1.61. The number of rotatable bonds is 3. The van der Waals surface area contributed by atoms with E-state index >= 15 is 0 Å². The molecule has 6 nitrogen and oxygen atoms in total. The monoisotopic (exact) mass is 284 g/mol. The highest BCUT2D eigenvalue weighted by Gasteiger charge is 2.29. The molecule has 0 radical (unpaired) electrons. The van der Waals surface area contributed by atoms with Crippen molar-refractivity contribution in [3.05, 3.63) is 38.9 Å². The number of hydrogen-bond acceptors (Lipinski definition) is 4. The summed E-state index contributed by atoms with van der Waals surface area (Å²) < 4.78 is 0. The standard InChI is InChI=1S/C12H13ClN2O4/c13-10-6-8(3-4-11(10)15(18)19)12(17)14-5-1-2-9(14)7-16/h3-4,6,9,16H,1-2,5,7H2. The van der Waals surface area contributed by atoms with Crippen LogP contribution in [-0.2, 0) is 0 Å². The van der Waals surface area contributed by atoms with Gasteiger partial charge in [-0.1, -0.05) is 11.6 Å². The van der Waals surface area contributed by atoms with Crippen molar-refractivity contribution in [1.82, 2.24) is 4.90 Å². The lowest BCUT2D eigenvalue weighted by molar-refractivity contribution is -0.384. The van der Waals surface area contributed by atoms with E-state index in [1.54, 1.807) is 4.90 Å².